The molecule has 9 heteroatoms. The lowest BCUT2D eigenvalue weighted by Gasteiger charge is -2.12. The van der Waals surface area contributed by atoms with E-state index in [1.165, 1.54) is 5.01 Å². The Kier molecular flexibility index (Phi) is 7.26. The summed E-state index contributed by atoms with van der Waals surface area (Å²) < 4.78 is 27.5. The minimum Gasteiger partial charge on any atom is -0.326 e. The first-order chi connectivity index (χ1) is 16.8. The van der Waals surface area contributed by atoms with Gasteiger partial charge in [0.05, 0.1) is 17.2 Å². The van der Waals surface area contributed by atoms with E-state index in [0.29, 0.717) is 24.3 Å². The highest BCUT2D eigenvalue weighted by atomic mass is 32.2. The fourth-order valence-electron chi connectivity index (χ4n) is 3.60. The van der Waals surface area contributed by atoms with Gasteiger partial charge in [-0.1, -0.05) is 48.0 Å². The number of carbonyl (C=O) groups excluding carboxylic acids is 2. The number of aryl methyl sites for hydroxylation is 1. The van der Waals surface area contributed by atoms with Gasteiger partial charge in [-0.3, -0.25) is 14.3 Å². The lowest BCUT2D eigenvalue weighted by atomic mass is 10.1. The van der Waals surface area contributed by atoms with Gasteiger partial charge in [-0.25, -0.2) is 13.4 Å². The van der Waals surface area contributed by atoms with E-state index >= 15 is 0 Å². The molecule has 0 aromatic heterocycles. The summed E-state index contributed by atoms with van der Waals surface area (Å²) in [5.41, 5.74) is 3.70. The Hall–Kier alpha value is -3.98. The highest BCUT2D eigenvalue weighted by Crippen LogP contribution is 2.19. The maximum Gasteiger partial charge on any atom is 0.261 e. The molecule has 8 nitrogen and oxygen atoms in total. The number of amides is 2. The molecular weight excluding hydrogens is 464 g/mol. The molecule has 35 heavy (non-hydrogen) atoms. The fraction of sp³-hybridized carbons (Fsp3) is 0.192. The maximum atomic E-state index is 12.5. The molecule has 0 aliphatic carbocycles. The molecule has 180 valence electrons. The monoisotopic (exact) mass is 490 g/mol. The molecule has 2 amide bonds. The number of hydrazone groups is 1. The van der Waals surface area contributed by atoms with Crippen LogP contribution in [0.3, 0.4) is 0 Å². The van der Waals surface area contributed by atoms with E-state index in [1.54, 1.807) is 48.5 Å². The third-order valence-electron chi connectivity index (χ3n) is 5.51. The predicted molar refractivity (Wildman–Crippen MR) is 136 cm³/mol. The second-order valence-corrected chi connectivity index (χ2v) is 9.91. The third kappa shape index (κ3) is 6.33. The van der Waals surface area contributed by atoms with Crippen molar-refractivity contribution in [3.05, 3.63) is 90.0 Å². The third-order valence-corrected chi connectivity index (χ3v) is 6.91. The molecule has 1 aliphatic rings. The van der Waals surface area contributed by atoms with Crippen molar-refractivity contribution in [1.82, 2.24) is 5.01 Å². The van der Waals surface area contributed by atoms with Crippen molar-refractivity contribution in [2.75, 3.05) is 16.6 Å². The Labute approximate surface area is 204 Å². The zero-order chi connectivity index (χ0) is 24.8. The van der Waals surface area contributed by atoms with Crippen LogP contribution in [-0.4, -0.2) is 37.5 Å². The standard InChI is InChI=1S/C26H26N4O4S/c1-19-7-13-23(14-8-19)35(33,34)29-22-11-9-21(10-12-22)27-25(31)15-16-26(32)30-18-17-24(28-30)20-5-3-2-4-6-20/h2-14,29H,15-18H2,1H3,(H,27,31). The quantitative estimate of drug-likeness (QED) is 0.494. The molecule has 1 aliphatic heterocycles. The number of benzene rings is 3. The van der Waals surface area contributed by atoms with Crippen molar-refractivity contribution in [1.29, 1.82) is 0 Å². The summed E-state index contributed by atoms with van der Waals surface area (Å²) in [7, 11) is -3.70. The maximum absolute atomic E-state index is 12.5. The lowest BCUT2D eigenvalue weighted by molar-refractivity contribution is -0.132. The van der Waals surface area contributed by atoms with Crippen LogP contribution in [0.1, 0.15) is 30.4 Å². The van der Waals surface area contributed by atoms with E-state index in [2.05, 4.69) is 15.1 Å². The second-order valence-electron chi connectivity index (χ2n) is 8.22. The zero-order valence-corrected chi connectivity index (χ0v) is 20.1. The van der Waals surface area contributed by atoms with E-state index in [4.69, 9.17) is 0 Å². The van der Waals surface area contributed by atoms with E-state index in [0.717, 1.165) is 16.8 Å². The fourth-order valence-corrected chi connectivity index (χ4v) is 4.66. The first-order valence-electron chi connectivity index (χ1n) is 11.2. The van der Waals surface area contributed by atoms with Crippen molar-refractivity contribution in [3.63, 3.8) is 0 Å². The van der Waals surface area contributed by atoms with Crippen molar-refractivity contribution in [2.24, 2.45) is 5.10 Å². The van der Waals surface area contributed by atoms with E-state index < -0.39 is 10.0 Å². The number of hydrogen-bond acceptors (Lipinski definition) is 5. The van der Waals surface area contributed by atoms with Crippen molar-refractivity contribution >= 4 is 38.9 Å². The molecule has 0 unspecified atom stereocenters. The highest BCUT2D eigenvalue weighted by Gasteiger charge is 2.22. The van der Waals surface area contributed by atoms with Crippen molar-refractivity contribution in [3.8, 4) is 0 Å². The van der Waals surface area contributed by atoms with Crippen LogP contribution in [0.5, 0.6) is 0 Å². The van der Waals surface area contributed by atoms with Gasteiger partial charge in [-0.05, 0) is 48.9 Å². The summed E-state index contributed by atoms with van der Waals surface area (Å²) in [4.78, 5) is 25.0. The van der Waals surface area contributed by atoms with Crippen LogP contribution in [0.15, 0.2) is 88.9 Å². The number of rotatable bonds is 8. The van der Waals surface area contributed by atoms with Gasteiger partial charge in [0.1, 0.15) is 0 Å². The van der Waals surface area contributed by atoms with Gasteiger partial charge < -0.3 is 5.32 Å². The molecule has 3 aromatic rings. The summed E-state index contributed by atoms with van der Waals surface area (Å²) in [5.74, 6) is -0.510. The summed E-state index contributed by atoms with van der Waals surface area (Å²) in [6, 6.07) is 22.6. The lowest BCUT2D eigenvalue weighted by Crippen LogP contribution is -2.25. The molecule has 0 fully saturated rings. The molecule has 0 bridgehead atoms. The number of nitrogens with one attached hydrogen (secondary N) is 2. The largest absolute Gasteiger partial charge is 0.326 e. The Morgan fingerprint density at radius 1 is 0.886 bits per heavy atom. The normalized spacial score (nSPS) is 13.3. The number of anilines is 2. The summed E-state index contributed by atoms with van der Waals surface area (Å²) in [6.07, 6.45) is 0.751. The number of carbonyl (C=O) groups is 2. The topological polar surface area (TPSA) is 108 Å². The SMILES string of the molecule is Cc1ccc(S(=O)(=O)Nc2ccc(NC(=O)CCC(=O)N3CCC(c4ccccc4)=N3)cc2)cc1. The number of nitrogens with zero attached hydrogens (tertiary/aromatic N) is 2. The van der Waals surface area contributed by atoms with E-state index in [1.807, 2.05) is 37.3 Å². The van der Waals surface area contributed by atoms with Crippen LogP contribution in [0, 0.1) is 6.92 Å². The van der Waals surface area contributed by atoms with Gasteiger partial charge in [0, 0.05) is 30.6 Å². The molecule has 1 heterocycles. The minimum atomic E-state index is -3.70. The molecule has 4 rings (SSSR count). The molecule has 3 aromatic carbocycles. The second kappa shape index (κ2) is 10.5. The summed E-state index contributed by atoms with van der Waals surface area (Å²) in [6.45, 7) is 2.39. The average Bonchev–Trinajstić information content (AvgIpc) is 3.35. The highest BCUT2D eigenvalue weighted by molar-refractivity contribution is 7.92. The Morgan fingerprint density at radius 2 is 1.54 bits per heavy atom. The average molecular weight is 491 g/mol. The number of sulfonamides is 1. The van der Waals surface area contributed by atoms with Crippen LogP contribution in [0.2, 0.25) is 0 Å². The van der Waals surface area contributed by atoms with Gasteiger partial charge >= 0.3 is 0 Å². The van der Waals surface area contributed by atoms with Crippen molar-refractivity contribution < 1.29 is 18.0 Å². The van der Waals surface area contributed by atoms with Crippen LogP contribution in [-0.2, 0) is 19.6 Å². The van der Waals surface area contributed by atoms with E-state index in [9.17, 15) is 18.0 Å². The van der Waals surface area contributed by atoms with Crippen molar-refractivity contribution in [2.45, 2.75) is 31.1 Å². The van der Waals surface area contributed by atoms with Crippen LogP contribution < -0.4 is 10.0 Å². The molecule has 0 atom stereocenters. The molecule has 0 spiro atoms. The first kappa shape index (κ1) is 24.2. The molecule has 0 saturated heterocycles. The van der Waals surface area contributed by atoms with Crippen LogP contribution >= 0.6 is 0 Å². The number of hydrogen-bond donors (Lipinski definition) is 2. The Bertz CT molecular complexity index is 1340. The molecule has 2 N–H and O–H groups in total. The van der Waals surface area contributed by atoms with Gasteiger partial charge in [-0.2, -0.15) is 5.10 Å². The van der Waals surface area contributed by atoms with Crippen LogP contribution in [0.25, 0.3) is 0 Å². The van der Waals surface area contributed by atoms with Gasteiger partial charge in [0.25, 0.3) is 10.0 Å². The first-order valence-corrected chi connectivity index (χ1v) is 12.7. The Balaban J connectivity index is 1.27. The molecule has 0 saturated carbocycles. The van der Waals surface area contributed by atoms with Crippen LogP contribution in [0.4, 0.5) is 11.4 Å². The van der Waals surface area contributed by atoms with Gasteiger partial charge in [0.2, 0.25) is 11.8 Å². The smallest absolute Gasteiger partial charge is 0.261 e. The molecule has 0 radical (unpaired) electrons. The Morgan fingerprint density at radius 3 is 2.23 bits per heavy atom. The van der Waals surface area contributed by atoms with E-state index in [-0.39, 0.29) is 29.6 Å². The zero-order valence-electron chi connectivity index (χ0n) is 19.3. The predicted octanol–water partition coefficient (Wildman–Crippen LogP) is 4.15. The van der Waals surface area contributed by atoms with Gasteiger partial charge in [-0.15, -0.1) is 0 Å². The molecular formula is C26H26N4O4S. The van der Waals surface area contributed by atoms with Gasteiger partial charge in [0.15, 0.2) is 0 Å². The summed E-state index contributed by atoms with van der Waals surface area (Å²) >= 11 is 0. The summed E-state index contributed by atoms with van der Waals surface area (Å²) in [5, 5.41) is 8.55. The minimum absolute atomic E-state index is 0.0212.